The Hall–Kier alpha value is -1.14. The maximum Gasteiger partial charge on any atom is 0.308 e. The Morgan fingerprint density at radius 1 is 1.16 bits per heavy atom. The highest BCUT2D eigenvalue weighted by Gasteiger charge is 2.34. The predicted octanol–water partition coefficient (Wildman–Crippen LogP) is -0.141. The van der Waals surface area contributed by atoms with Gasteiger partial charge in [-0.05, 0) is 19.3 Å². The molecule has 1 aliphatic heterocycles. The lowest BCUT2D eigenvalue weighted by Crippen LogP contribution is -2.49. The van der Waals surface area contributed by atoms with Crippen LogP contribution >= 0.6 is 0 Å². The summed E-state index contributed by atoms with van der Waals surface area (Å²) in [7, 11) is 0. The van der Waals surface area contributed by atoms with Crippen molar-refractivity contribution in [2.75, 3.05) is 6.54 Å². The summed E-state index contributed by atoms with van der Waals surface area (Å²) >= 11 is 0. The largest absolute Gasteiger partial charge is 0.481 e. The fourth-order valence-electron chi connectivity index (χ4n) is 2.98. The minimum Gasteiger partial charge on any atom is -0.481 e. The lowest BCUT2D eigenvalue weighted by atomic mass is 9.94. The van der Waals surface area contributed by atoms with Gasteiger partial charge in [-0.3, -0.25) is 9.59 Å². The summed E-state index contributed by atoms with van der Waals surface area (Å²) in [6, 6.07) is -0.681. The Morgan fingerprint density at radius 3 is 2.53 bits per heavy atom. The highest BCUT2D eigenvalue weighted by molar-refractivity contribution is 5.83. The molecule has 0 bridgehead atoms. The number of carbonyl (C=O) groups excluding carboxylic acids is 1. The normalized spacial score (nSPS) is 35.6. The van der Waals surface area contributed by atoms with Crippen molar-refractivity contribution in [3.05, 3.63) is 0 Å². The number of carboxylic acids is 1. The minimum absolute atomic E-state index is 0.185. The van der Waals surface area contributed by atoms with Crippen LogP contribution in [-0.4, -0.2) is 46.8 Å². The summed E-state index contributed by atoms with van der Waals surface area (Å²) in [6.45, 7) is 0.422. The molecule has 19 heavy (non-hydrogen) atoms. The first-order valence-corrected chi connectivity index (χ1v) is 7.02. The first-order valence-electron chi connectivity index (χ1n) is 7.02. The Bertz CT molecular complexity index is 348. The zero-order valence-electron chi connectivity index (χ0n) is 11.0. The van der Waals surface area contributed by atoms with E-state index in [1.165, 1.54) is 0 Å². The van der Waals surface area contributed by atoms with Crippen molar-refractivity contribution in [2.24, 2.45) is 5.92 Å². The second-order valence-electron chi connectivity index (χ2n) is 5.55. The second-order valence-corrected chi connectivity index (χ2v) is 5.55. The highest BCUT2D eigenvalue weighted by Crippen LogP contribution is 2.24. The average Bonchev–Trinajstić information content (AvgIpc) is 2.65. The van der Waals surface area contributed by atoms with E-state index in [4.69, 9.17) is 0 Å². The van der Waals surface area contributed by atoms with E-state index in [0.717, 1.165) is 25.7 Å². The van der Waals surface area contributed by atoms with Crippen LogP contribution in [0.25, 0.3) is 0 Å². The molecule has 4 unspecified atom stereocenters. The summed E-state index contributed by atoms with van der Waals surface area (Å²) in [5.41, 5.74) is 0. The third-order valence-corrected chi connectivity index (χ3v) is 4.08. The van der Waals surface area contributed by atoms with Crippen molar-refractivity contribution in [3.8, 4) is 0 Å². The van der Waals surface area contributed by atoms with Gasteiger partial charge in [-0.25, -0.2) is 0 Å². The maximum atomic E-state index is 12.1. The number of amides is 1. The van der Waals surface area contributed by atoms with Crippen molar-refractivity contribution >= 4 is 11.9 Å². The quantitative estimate of drug-likeness (QED) is 0.535. The molecule has 4 N–H and O–H groups in total. The fourth-order valence-corrected chi connectivity index (χ4v) is 2.98. The van der Waals surface area contributed by atoms with Crippen LogP contribution in [0.4, 0.5) is 0 Å². The molecular weight excluding hydrogens is 248 g/mol. The summed E-state index contributed by atoms with van der Waals surface area (Å²) in [5, 5.41) is 24.5. The molecule has 0 spiro atoms. The second kappa shape index (κ2) is 6.34. The van der Waals surface area contributed by atoms with Crippen molar-refractivity contribution in [1.82, 2.24) is 10.6 Å². The minimum atomic E-state index is -0.827. The Kier molecular flexibility index (Phi) is 4.76. The van der Waals surface area contributed by atoms with Crippen molar-refractivity contribution < 1.29 is 19.8 Å². The number of carboxylic acid groups (broad SMARTS) is 1. The molecule has 1 saturated heterocycles. The molecule has 6 nitrogen and oxygen atoms in total. The number of nitrogens with one attached hydrogen (secondary N) is 2. The molecule has 0 radical (unpaired) electrons. The van der Waals surface area contributed by atoms with Crippen LogP contribution < -0.4 is 10.6 Å². The monoisotopic (exact) mass is 270 g/mol. The predicted molar refractivity (Wildman–Crippen MR) is 68.6 cm³/mol. The lowest BCUT2D eigenvalue weighted by Gasteiger charge is -2.24. The molecule has 2 rings (SSSR count). The molecule has 6 heteroatoms. The lowest BCUT2D eigenvalue weighted by molar-refractivity contribution is -0.143. The zero-order valence-corrected chi connectivity index (χ0v) is 11.0. The molecule has 2 fully saturated rings. The number of hydrogen-bond acceptors (Lipinski definition) is 4. The van der Waals surface area contributed by atoms with Crippen LogP contribution in [0.1, 0.15) is 38.5 Å². The van der Waals surface area contributed by atoms with Crippen LogP contribution in [-0.2, 0) is 9.59 Å². The average molecular weight is 270 g/mol. The van der Waals surface area contributed by atoms with E-state index >= 15 is 0 Å². The summed E-state index contributed by atoms with van der Waals surface area (Å²) in [6.07, 6.45) is 4.14. The number of aliphatic hydroxyl groups excluding tert-OH is 1. The van der Waals surface area contributed by atoms with Gasteiger partial charge < -0.3 is 20.8 Å². The molecule has 1 amide bonds. The van der Waals surface area contributed by atoms with Crippen LogP contribution in [0.3, 0.4) is 0 Å². The van der Waals surface area contributed by atoms with Gasteiger partial charge >= 0.3 is 5.97 Å². The van der Waals surface area contributed by atoms with Gasteiger partial charge in [0.25, 0.3) is 0 Å². The number of aliphatic carboxylic acids is 1. The van der Waals surface area contributed by atoms with Gasteiger partial charge in [0.05, 0.1) is 18.1 Å². The molecule has 0 aromatic heterocycles. The molecule has 1 heterocycles. The van der Waals surface area contributed by atoms with E-state index in [9.17, 15) is 19.8 Å². The molecular formula is C13H22N2O4. The Morgan fingerprint density at radius 2 is 1.89 bits per heavy atom. The topological polar surface area (TPSA) is 98.7 Å². The van der Waals surface area contributed by atoms with Gasteiger partial charge in [-0.15, -0.1) is 0 Å². The van der Waals surface area contributed by atoms with E-state index in [0.29, 0.717) is 19.4 Å². The fraction of sp³-hybridized carbons (Fsp3) is 0.846. The maximum absolute atomic E-state index is 12.1. The van der Waals surface area contributed by atoms with Gasteiger partial charge in [0.2, 0.25) is 5.91 Å². The smallest absolute Gasteiger partial charge is 0.308 e. The van der Waals surface area contributed by atoms with E-state index in [1.54, 1.807) is 0 Å². The van der Waals surface area contributed by atoms with Gasteiger partial charge in [-0.2, -0.15) is 0 Å². The molecule has 108 valence electrons. The molecule has 1 saturated carbocycles. The Balaban J connectivity index is 1.94. The first-order chi connectivity index (χ1) is 9.08. The number of carbonyl (C=O) groups is 2. The molecule has 0 aromatic rings. The van der Waals surface area contributed by atoms with Crippen LogP contribution in [0.15, 0.2) is 0 Å². The summed E-state index contributed by atoms with van der Waals surface area (Å²) in [4.78, 5) is 23.3. The van der Waals surface area contributed by atoms with Crippen molar-refractivity contribution in [3.63, 3.8) is 0 Å². The van der Waals surface area contributed by atoms with Gasteiger partial charge in [-0.1, -0.05) is 19.3 Å². The molecule has 0 aromatic carbocycles. The van der Waals surface area contributed by atoms with Gasteiger partial charge in [0, 0.05) is 12.6 Å². The molecule has 4 atom stereocenters. The van der Waals surface area contributed by atoms with Gasteiger partial charge in [0.1, 0.15) is 0 Å². The SMILES string of the molecule is O=C(NC1CCCCCC1C(=O)O)C1CC(O)CN1. The van der Waals surface area contributed by atoms with Gasteiger partial charge in [0.15, 0.2) is 0 Å². The summed E-state index contributed by atoms with van der Waals surface area (Å²) < 4.78 is 0. The van der Waals surface area contributed by atoms with Crippen LogP contribution in [0.5, 0.6) is 0 Å². The number of rotatable bonds is 3. The highest BCUT2D eigenvalue weighted by atomic mass is 16.4. The Labute approximate surface area is 112 Å². The zero-order chi connectivity index (χ0) is 13.8. The van der Waals surface area contributed by atoms with Crippen molar-refractivity contribution in [1.29, 1.82) is 0 Å². The number of aliphatic hydroxyl groups is 1. The van der Waals surface area contributed by atoms with Crippen LogP contribution in [0.2, 0.25) is 0 Å². The number of hydrogen-bond donors (Lipinski definition) is 4. The third kappa shape index (κ3) is 3.67. The van der Waals surface area contributed by atoms with E-state index in [2.05, 4.69) is 10.6 Å². The van der Waals surface area contributed by atoms with Crippen molar-refractivity contribution in [2.45, 2.75) is 56.7 Å². The van der Waals surface area contributed by atoms with E-state index in [-0.39, 0.29) is 11.9 Å². The molecule has 2 aliphatic rings. The number of β-amino-alcohol motifs (C(OH)–C–C–N with tert-alkyl or cyclic N) is 1. The van der Waals surface area contributed by atoms with E-state index < -0.39 is 24.0 Å². The van der Waals surface area contributed by atoms with E-state index in [1.807, 2.05) is 0 Å². The third-order valence-electron chi connectivity index (χ3n) is 4.08. The van der Waals surface area contributed by atoms with Crippen LogP contribution in [0, 0.1) is 5.92 Å². The molecule has 1 aliphatic carbocycles. The first kappa shape index (κ1) is 14.3. The standard InChI is InChI=1S/C13H22N2O4/c16-8-6-11(14-7-8)12(17)15-10-5-3-1-2-4-9(10)13(18)19/h8-11,14,16H,1-7H2,(H,15,17)(H,18,19). The summed E-state index contributed by atoms with van der Waals surface area (Å²) in [5.74, 6) is -1.50.